The summed E-state index contributed by atoms with van der Waals surface area (Å²) < 4.78 is 0. The third-order valence-electron chi connectivity index (χ3n) is 6.33. The predicted molar refractivity (Wildman–Crippen MR) is 118 cm³/mol. The van der Waals surface area contributed by atoms with Gasteiger partial charge in [-0.2, -0.15) is 0 Å². The van der Waals surface area contributed by atoms with E-state index < -0.39 is 0 Å². The summed E-state index contributed by atoms with van der Waals surface area (Å²) in [7, 11) is 0. The molecule has 0 atom stereocenters. The molecule has 156 valence electrons. The number of benzene rings is 1. The van der Waals surface area contributed by atoms with Gasteiger partial charge in [0.1, 0.15) is 0 Å². The van der Waals surface area contributed by atoms with Crippen molar-refractivity contribution in [2.45, 2.75) is 39.8 Å². The Kier molecular flexibility index (Phi) is 6.63. The second-order valence-corrected chi connectivity index (χ2v) is 9.50. The lowest BCUT2D eigenvalue weighted by molar-refractivity contribution is -0.139. The van der Waals surface area contributed by atoms with Gasteiger partial charge in [-0.1, -0.05) is 24.3 Å². The standard InChI is InChI=1S/C23H32N4OS/c1-18-5-3-4-6-21(18)15-26-11-13-27(14-12-26)23(28)20-7-9-25(10-8-20)16-22-17-29-19(2)24-22/h3-6,17,20H,7-16H2,1-2H3. The van der Waals surface area contributed by atoms with Crippen LogP contribution in [0.3, 0.4) is 0 Å². The normalized spacial score (nSPS) is 19.6. The third kappa shape index (κ3) is 5.24. The highest BCUT2D eigenvalue weighted by Crippen LogP contribution is 2.23. The molecular weight excluding hydrogens is 380 g/mol. The molecule has 0 saturated carbocycles. The maximum absolute atomic E-state index is 13.0. The fraction of sp³-hybridized carbons (Fsp3) is 0.565. The lowest BCUT2D eigenvalue weighted by Gasteiger charge is -2.38. The lowest BCUT2D eigenvalue weighted by Crippen LogP contribution is -2.51. The summed E-state index contributed by atoms with van der Waals surface area (Å²) in [4.78, 5) is 24.6. The van der Waals surface area contributed by atoms with Crippen LogP contribution in [0, 0.1) is 19.8 Å². The average Bonchev–Trinajstić information content (AvgIpc) is 3.15. The number of rotatable bonds is 5. The largest absolute Gasteiger partial charge is 0.340 e. The fourth-order valence-corrected chi connectivity index (χ4v) is 5.06. The van der Waals surface area contributed by atoms with Crippen molar-refractivity contribution in [3.8, 4) is 0 Å². The first-order chi connectivity index (χ1) is 14.1. The Morgan fingerprint density at radius 2 is 1.69 bits per heavy atom. The topological polar surface area (TPSA) is 39.7 Å². The second-order valence-electron chi connectivity index (χ2n) is 8.44. The quantitative estimate of drug-likeness (QED) is 0.755. The molecule has 0 radical (unpaired) electrons. The maximum Gasteiger partial charge on any atom is 0.225 e. The van der Waals surface area contributed by atoms with Gasteiger partial charge < -0.3 is 4.90 Å². The molecule has 4 rings (SSSR count). The van der Waals surface area contributed by atoms with Crippen molar-refractivity contribution in [2.75, 3.05) is 39.3 Å². The second kappa shape index (κ2) is 9.37. The van der Waals surface area contributed by atoms with Crippen LogP contribution >= 0.6 is 11.3 Å². The highest BCUT2D eigenvalue weighted by molar-refractivity contribution is 7.09. The van der Waals surface area contributed by atoms with Crippen molar-refractivity contribution >= 4 is 17.2 Å². The third-order valence-corrected chi connectivity index (χ3v) is 7.15. The molecule has 0 aliphatic carbocycles. The van der Waals surface area contributed by atoms with Gasteiger partial charge >= 0.3 is 0 Å². The number of aromatic nitrogens is 1. The predicted octanol–water partition coefficient (Wildman–Crippen LogP) is 3.32. The summed E-state index contributed by atoms with van der Waals surface area (Å²) in [5.41, 5.74) is 3.92. The molecule has 1 amide bonds. The number of aryl methyl sites for hydroxylation is 2. The number of piperidine rings is 1. The molecule has 3 heterocycles. The zero-order valence-electron chi connectivity index (χ0n) is 17.6. The zero-order chi connectivity index (χ0) is 20.2. The molecule has 2 aromatic rings. The molecule has 0 N–H and O–H groups in total. The lowest BCUT2D eigenvalue weighted by atomic mass is 9.95. The number of thiazole rings is 1. The van der Waals surface area contributed by atoms with E-state index in [1.54, 1.807) is 11.3 Å². The van der Waals surface area contributed by atoms with Crippen molar-refractivity contribution in [3.05, 3.63) is 51.5 Å². The van der Waals surface area contributed by atoms with Crippen molar-refractivity contribution in [1.82, 2.24) is 19.7 Å². The molecule has 0 bridgehead atoms. The van der Waals surface area contributed by atoms with Crippen LogP contribution in [0.2, 0.25) is 0 Å². The van der Waals surface area contributed by atoms with Crippen LogP contribution in [0.15, 0.2) is 29.6 Å². The number of carbonyl (C=O) groups is 1. The van der Waals surface area contributed by atoms with E-state index in [2.05, 4.69) is 63.2 Å². The van der Waals surface area contributed by atoms with E-state index in [1.807, 2.05) is 0 Å². The van der Waals surface area contributed by atoms with Crippen LogP contribution in [-0.2, 0) is 17.9 Å². The molecule has 29 heavy (non-hydrogen) atoms. The maximum atomic E-state index is 13.0. The summed E-state index contributed by atoms with van der Waals surface area (Å²) in [6.07, 6.45) is 1.96. The molecule has 0 spiro atoms. The Hall–Kier alpha value is -1.76. The van der Waals surface area contributed by atoms with Gasteiger partial charge in [-0.25, -0.2) is 4.98 Å². The first kappa shape index (κ1) is 20.5. The summed E-state index contributed by atoms with van der Waals surface area (Å²) in [6, 6.07) is 8.60. The van der Waals surface area contributed by atoms with Gasteiger partial charge in [0.15, 0.2) is 0 Å². The van der Waals surface area contributed by atoms with Gasteiger partial charge in [-0.15, -0.1) is 11.3 Å². The summed E-state index contributed by atoms with van der Waals surface area (Å²) in [6.45, 7) is 11.8. The highest BCUT2D eigenvalue weighted by atomic mass is 32.1. The minimum Gasteiger partial charge on any atom is -0.340 e. The van der Waals surface area contributed by atoms with Crippen LogP contribution in [-0.4, -0.2) is 64.9 Å². The Balaban J connectivity index is 1.21. The Bertz CT molecular complexity index is 820. The Morgan fingerprint density at radius 1 is 1.00 bits per heavy atom. The number of nitrogens with zero attached hydrogens (tertiary/aromatic N) is 4. The average molecular weight is 413 g/mol. The summed E-state index contributed by atoms with van der Waals surface area (Å²) in [5.74, 6) is 0.580. The number of piperazine rings is 1. The summed E-state index contributed by atoms with van der Waals surface area (Å²) in [5, 5.41) is 3.29. The van der Waals surface area contributed by atoms with Gasteiger partial charge in [0.05, 0.1) is 10.7 Å². The molecule has 6 heteroatoms. The van der Waals surface area contributed by atoms with Gasteiger partial charge in [-0.05, 0) is 50.9 Å². The fourth-order valence-electron chi connectivity index (χ4n) is 4.46. The first-order valence-electron chi connectivity index (χ1n) is 10.8. The Labute approximate surface area is 178 Å². The molecule has 0 unspecified atom stereocenters. The minimum absolute atomic E-state index is 0.200. The van der Waals surface area contributed by atoms with E-state index in [0.29, 0.717) is 5.91 Å². The molecule has 1 aromatic carbocycles. The van der Waals surface area contributed by atoms with E-state index in [-0.39, 0.29) is 5.92 Å². The zero-order valence-corrected chi connectivity index (χ0v) is 18.5. The number of carbonyl (C=O) groups excluding carboxylic acids is 1. The molecule has 2 aliphatic rings. The van der Waals surface area contributed by atoms with E-state index >= 15 is 0 Å². The van der Waals surface area contributed by atoms with Crippen LogP contribution < -0.4 is 0 Å². The van der Waals surface area contributed by atoms with Crippen LogP contribution in [0.1, 0.15) is 34.7 Å². The number of hydrogen-bond donors (Lipinski definition) is 0. The van der Waals surface area contributed by atoms with Gasteiger partial charge in [0, 0.05) is 50.6 Å². The summed E-state index contributed by atoms with van der Waals surface area (Å²) >= 11 is 1.72. The van der Waals surface area contributed by atoms with Gasteiger partial charge in [0.2, 0.25) is 5.91 Å². The highest BCUT2D eigenvalue weighted by Gasteiger charge is 2.30. The van der Waals surface area contributed by atoms with Crippen LogP contribution in [0.25, 0.3) is 0 Å². The van der Waals surface area contributed by atoms with Gasteiger partial charge in [-0.3, -0.25) is 14.6 Å². The first-order valence-corrected chi connectivity index (χ1v) is 11.7. The molecule has 5 nitrogen and oxygen atoms in total. The molecular formula is C23H32N4OS. The Morgan fingerprint density at radius 3 is 2.34 bits per heavy atom. The number of likely N-dealkylation sites (tertiary alicyclic amines) is 1. The van der Waals surface area contributed by atoms with Gasteiger partial charge in [0.25, 0.3) is 0 Å². The van der Waals surface area contributed by atoms with Crippen LogP contribution in [0.5, 0.6) is 0 Å². The van der Waals surface area contributed by atoms with Crippen molar-refractivity contribution in [3.63, 3.8) is 0 Å². The van der Waals surface area contributed by atoms with E-state index in [4.69, 9.17) is 0 Å². The van der Waals surface area contributed by atoms with E-state index in [0.717, 1.165) is 70.2 Å². The smallest absolute Gasteiger partial charge is 0.225 e. The molecule has 2 fully saturated rings. The molecule has 1 aromatic heterocycles. The van der Waals surface area contributed by atoms with Crippen molar-refractivity contribution in [1.29, 1.82) is 0 Å². The molecule has 2 saturated heterocycles. The van der Waals surface area contributed by atoms with E-state index in [9.17, 15) is 4.79 Å². The minimum atomic E-state index is 0.200. The van der Waals surface area contributed by atoms with Crippen molar-refractivity contribution < 1.29 is 4.79 Å². The number of hydrogen-bond acceptors (Lipinski definition) is 5. The number of amides is 1. The monoisotopic (exact) mass is 412 g/mol. The van der Waals surface area contributed by atoms with E-state index in [1.165, 1.54) is 16.8 Å². The van der Waals surface area contributed by atoms with Crippen molar-refractivity contribution in [2.24, 2.45) is 5.92 Å². The van der Waals surface area contributed by atoms with Crippen LogP contribution in [0.4, 0.5) is 0 Å². The SMILES string of the molecule is Cc1nc(CN2CCC(C(=O)N3CCN(Cc4ccccc4C)CC3)CC2)cs1. The molecule has 2 aliphatic heterocycles.